The maximum atomic E-state index is 11.7. The molecule has 152 valence electrons. The first-order valence-corrected chi connectivity index (χ1v) is 11.1. The van der Waals surface area contributed by atoms with Crippen molar-refractivity contribution < 1.29 is 9.53 Å². The number of rotatable bonds is 17. The molecule has 0 amide bonds. The molecule has 1 aromatic heterocycles. The molecule has 0 atom stereocenters. The second-order valence-electron chi connectivity index (χ2n) is 7.32. The average molecular weight is 374 g/mol. The van der Waals surface area contributed by atoms with Crippen molar-refractivity contribution in [2.24, 2.45) is 0 Å². The van der Waals surface area contributed by atoms with Crippen LogP contribution in [0, 0.1) is 0 Å². The van der Waals surface area contributed by atoms with Crippen LogP contribution in [0.3, 0.4) is 0 Å². The highest BCUT2D eigenvalue weighted by Gasteiger charge is 2.05. The minimum Gasteiger partial charge on any atom is -0.462 e. The van der Waals surface area contributed by atoms with Gasteiger partial charge in [-0.3, -0.25) is 4.98 Å². The Bertz CT molecular complexity index is 484. The summed E-state index contributed by atoms with van der Waals surface area (Å²) in [4.78, 5) is 15.7. The minimum absolute atomic E-state index is 0.266. The zero-order chi connectivity index (χ0) is 19.4. The van der Waals surface area contributed by atoms with Crippen LogP contribution in [-0.2, 0) is 4.74 Å². The Hall–Kier alpha value is -1.64. The minimum atomic E-state index is -0.266. The molecule has 0 fully saturated rings. The number of hydrogen-bond donors (Lipinski definition) is 0. The third-order valence-electron chi connectivity index (χ3n) is 4.79. The number of carbonyl (C=O) groups excluding carboxylic acids is 1. The molecule has 0 radical (unpaired) electrons. The molecule has 0 saturated heterocycles. The van der Waals surface area contributed by atoms with Gasteiger partial charge < -0.3 is 4.74 Å². The van der Waals surface area contributed by atoms with E-state index in [9.17, 15) is 4.79 Å². The molecule has 0 unspecified atom stereocenters. The lowest BCUT2D eigenvalue weighted by molar-refractivity contribution is 0.0497. The zero-order valence-corrected chi connectivity index (χ0v) is 17.3. The summed E-state index contributed by atoms with van der Waals surface area (Å²) in [7, 11) is 0. The van der Waals surface area contributed by atoms with E-state index in [1.165, 1.54) is 77.0 Å². The quantitative estimate of drug-likeness (QED) is 0.164. The lowest BCUT2D eigenvalue weighted by atomic mass is 10.1. The number of pyridine rings is 1. The van der Waals surface area contributed by atoms with Crippen LogP contribution in [-0.4, -0.2) is 17.6 Å². The van der Waals surface area contributed by atoms with E-state index in [0.717, 1.165) is 12.8 Å². The highest BCUT2D eigenvalue weighted by atomic mass is 16.5. The van der Waals surface area contributed by atoms with E-state index in [2.05, 4.69) is 24.1 Å². The van der Waals surface area contributed by atoms with Crippen LogP contribution < -0.4 is 0 Å². The second-order valence-corrected chi connectivity index (χ2v) is 7.32. The Balaban J connectivity index is 1.79. The fourth-order valence-corrected chi connectivity index (χ4v) is 3.08. The van der Waals surface area contributed by atoms with Crippen LogP contribution in [0.2, 0.25) is 0 Å². The first-order valence-electron chi connectivity index (χ1n) is 11.1. The molecule has 0 spiro atoms. The van der Waals surface area contributed by atoms with E-state index in [1.54, 1.807) is 24.5 Å². The average Bonchev–Trinajstić information content (AvgIpc) is 2.70. The Kier molecular flexibility index (Phi) is 15.4. The molecule has 1 aromatic rings. The molecule has 27 heavy (non-hydrogen) atoms. The molecular weight excluding hydrogens is 334 g/mol. The van der Waals surface area contributed by atoms with Crippen molar-refractivity contribution in [2.75, 3.05) is 6.61 Å². The first-order chi connectivity index (χ1) is 13.3. The van der Waals surface area contributed by atoms with Crippen LogP contribution in [0.15, 0.2) is 36.7 Å². The van der Waals surface area contributed by atoms with Gasteiger partial charge >= 0.3 is 5.97 Å². The zero-order valence-electron chi connectivity index (χ0n) is 17.3. The van der Waals surface area contributed by atoms with Crippen molar-refractivity contribution in [3.63, 3.8) is 0 Å². The molecule has 0 bridgehead atoms. The van der Waals surface area contributed by atoms with Gasteiger partial charge in [0.15, 0.2) is 0 Å². The predicted octanol–water partition coefficient (Wildman–Crippen LogP) is 7.28. The summed E-state index contributed by atoms with van der Waals surface area (Å²) in [6, 6.07) is 3.49. The number of hydrogen-bond acceptors (Lipinski definition) is 3. The predicted molar refractivity (Wildman–Crippen MR) is 114 cm³/mol. The van der Waals surface area contributed by atoms with Gasteiger partial charge in [-0.2, -0.15) is 0 Å². The second kappa shape index (κ2) is 17.8. The Morgan fingerprint density at radius 3 is 2.07 bits per heavy atom. The molecule has 0 aliphatic rings. The van der Waals surface area contributed by atoms with Crippen molar-refractivity contribution in [2.45, 2.75) is 96.8 Å². The summed E-state index contributed by atoms with van der Waals surface area (Å²) in [6.07, 6.45) is 25.9. The lowest BCUT2D eigenvalue weighted by Gasteiger charge is -2.04. The highest BCUT2D eigenvalue weighted by Crippen LogP contribution is 2.11. The third-order valence-corrected chi connectivity index (χ3v) is 4.79. The largest absolute Gasteiger partial charge is 0.462 e. The lowest BCUT2D eigenvalue weighted by Crippen LogP contribution is -2.06. The number of nitrogens with zero attached hydrogens (tertiary/aromatic N) is 1. The number of carbonyl (C=O) groups is 1. The van der Waals surface area contributed by atoms with Gasteiger partial charge in [0.25, 0.3) is 0 Å². The molecule has 1 heterocycles. The van der Waals surface area contributed by atoms with Crippen molar-refractivity contribution in [1.29, 1.82) is 0 Å². The van der Waals surface area contributed by atoms with Crippen molar-refractivity contribution in [3.8, 4) is 0 Å². The summed E-state index contributed by atoms with van der Waals surface area (Å²) >= 11 is 0. The Labute approximate surface area is 166 Å². The van der Waals surface area contributed by atoms with Crippen LogP contribution in [0.25, 0.3) is 0 Å². The summed E-state index contributed by atoms with van der Waals surface area (Å²) in [6.45, 7) is 2.77. The number of allylic oxidation sites excluding steroid dienone is 2. The van der Waals surface area contributed by atoms with Gasteiger partial charge in [-0.25, -0.2) is 4.79 Å². The van der Waals surface area contributed by atoms with Gasteiger partial charge in [0.2, 0.25) is 0 Å². The van der Waals surface area contributed by atoms with Gasteiger partial charge in [-0.1, -0.05) is 76.9 Å². The molecule has 0 saturated carbocycles. The van der Waals surface area contributed by atoms with Gasteiger partial charge in [0, 0.05) is 12.4 Å². The normalized spacial score (nSPS) is 11.1. The number of esters is 1. The van der Waals surface area contributed by atoms with Crippen LogP contribution >= 0.6 is 0 Å². The summed E-state index contributed by atoms with van der Waals surface area (Å²) in [5, 5.41) is 0. The molecule has 3 heteroatoms. The smallest absolute Gasteiger partial charge is 0.339 e. The van der Waals surface area contributed by atoms with Crippen LogP contribution in [0.5, 0.6) is 0 Å². The molecule has 0 aliphatic heterocycles. The molecule has 3 nitrogen and oxygen atoms in total. The molecular formula is C24H39NO2. The Morgan fingerprint density at radius 2 is 1.48 bits per heavy atom. The fourth-order valence-electron chi connectivity index (χ4n) is 3.08. The standard InChI is InChI=1S/C24H39NO2/c1-2-3-4-5-6-7-8-9-10-11-12-13-14-15-16-17-21-27-24(26)23-19-18-20-25-22-23/h7-8,18-20,22H,2-6,9-17,21H2,1H3/b8-7+. The van der Waals surface area contributed by atoms with E-state index < -0.39 is 0 Å². The fraction of sp³-hybridized carbons (Fsp3) is 0.667. The summed E-state index contributed by atoms with van der Waals surface area (Å²) in [5.74, 6) is -0.266. The SMILES string of the molecule is CCCCCC/C=C/CCCCCCCCCCOC(=O)c1cccnc1. The van der Waals surface area contributed by atoms with Crippen LogP contribution in [0.1, 0.15) is 107 Å². The topological polar surface area (TPSA) is 39.2 Å². The van der Waals surface area contributed by atoms with Crippen molar-refractivity contribution >= 4 is 5.97 Å². The third kappa shape index (κ3) is 14.1. The van der Waals surface area contributed by atoms with E-state index in [-0.39, 0.29) is 5.97 Å². The molecule has 0 N–H and O–H groups in total. The summed E-state index contributed by atoms with van der Waals surface area (Å²) in [5.41, 5.74) is 0.531. The van der Waals surface area contributed by atoms with E-state index in [0.29, 0.717) is 12.2 Å². The van der Waals surface area contributed by atoms with Gasteiger partial charge in [-0.15, -0.1) is 0 Å². The molecule has 0 aliphatic carbocycles. The monoisotopic (exact) mass is 373 g/mol. The number of aromatic nitrogens is 1. The van der Waals surface area contributed by atoms with Gasteiger partial charge in [0.05, 0.1) is 12.2 Å². The van der Waals surface area contributed by atoms with E-state index in [4.69, 9.17) is 4.74 Å². The van der Waals surface area contributed by atoms with Crippen molar-refractivity contribution in [1.82, 2.24) is 4.98 Å². The first kappa shape index (κ1) is 23.4. The summed E-state index contributed by atoms with van der Waals surface area (Å²) < 4.78 is 5.26. The van der Waals surface area contributed by atoms with Crippen molar-refractivity contribution in [3.05, 3.63) is 42.2 Å². The maximum absolute atomic E-state index is 11.7. The van der Waals surface area contributed by atoms with Gasteiger partial charge in [-0.05, 0) is 44.2 Å². The maximum Gasteiger partial charge on any atom is 0.339 e. The van der Waals surface area contributed by atoms with Crippen LogP contribution in [0.4, 0.5) is 0 Å². The number of unbranched alkanes of at least 4 members (excludes halogenated alkanes) is 12. The molecule has 0 aromatic carbocycles. The Morgan fingerprint density at radius 1 is 0.889 bits per heavy atom. The number of ether oxygens (including phenoxy) is 1. The van der Waals surface area contributed by atoms with Gasteiger partial charge in [0.1, 0.15) is 0 Å². The highest BCUT2D eigenvalue weighted by molar-refractivity contribution is 5.88. The van der Waals surface area contributed by atoms with E-state index >= 15 is 0 Å². The van der Waals surface area contributed by atoms with E-state index in [1.807, 2.05) is 0 Å². The molecule has 1 rings (SSSR count).